The van der Waals surface area contributed by atoms with Gasteiger partial charge in [-0.25, -0.2) is 4.99 Å². The van der Waals surface area contributed by atoms with E-state index in [-0.39, 0.29) is 0 Å². The summed E-state index contributed by atoms with van der Waals surface area (Å²) in [6.45, 7) is 5.44. The second kappa shape index (κ2) is 11.3. The van der Waals surface area contributed by atoms with Crippen LogP contribution in [0.25, 0.3) is 0 Å². The van der Waals surface area contributed by atoms with Crippen LogP contribution in [0.4, 0.5) is 5.69 Å². The standard InChI is InChI=1S/C24H34N4O3/c1-5-25-24(26-17-18-7-6-8-21(13-18)29-2)27-19-9-11-28(12-10-19)20-14-22(30-3)16-23(15-20)31-4/h6-8,13-16,19H,5,9-12,17H2,1-4H3,(H2,25,26,27). The lowest BCUT2D eigenvalue weighted by Gasteiger charge is -2.34. The molecule has 7 nitrogen and oxygen atoms in total. The maximum atomic E-state index is 5.42. The molecule has 1 heterocycles. The number of aliphatic imine (C=N–C) groups is 1. The van der Waals surface area contributed by atoms with Gasteiger partial charge in [0.15, 0.2) is 5.96 Å². The lowest BCUT2D eigenvalue weighted by Crippen LogP contribution is -2.48. The Morgan fingerprint density at radius 2 is 1.65 bits per heavy atom. The van der Waals surface area contributed by atoms with E-state index in [1.54, 1.807) is 21.3 Å². The van der Waals surface area contributed by atoms with Crippen LogP contribution in [-0.2, 0) is 6.54 Å². The van der Waals surface area contributed by atoms with Crippen LogP contribution in [0, 0.1) is 0 Å². The van der Waals surface area contributed by atoms with Crippen molar-refractivity contribution in [3.05, 3.63) is 48.0 Å². The van der Waals surface area contributed by atoms with E-state index < -0.39 is 0 Å². The third-order valence-corrected chi connectivity index (χ3v) is 5.44. The van der Waals surface area contributed by atoms with E-state index in [9.17, 15) is 0 Å². The van der Waals surface area contributed by atoms with E-state index in [1.165, 1.54) is 0 Å². The first-order valence-electron chi connectivity index (χ1n) is 10.8. The highest BCUT2D eigenvalue weighted by Gasteiger charge is 2.21. The molecule has 0 amide bonds. The van der Waals surface area contributed by atoms with Crippen LogP contribution >= 0.6 is 0 Å². The van der Waals surface area contributed by atoms with E-state index in [0.29, 0.717) is 12.6 Å². The third-order valence-electron chi connectivity index (χ3n) is 5.44. The number of rotatable bonds is 8. The summed E-state index contributed by atoms with van der Waals surface area (Å²) in [6.07, 6.45) is 2.06. The first-order chi connectivity index (χ1) is 15.1. The van der Waals surface area contributed by atoms with Crippen molar-refractivity contribution in [3.63, 3.8) is 0 Å². The molecule has 3 rings (SSSR count). The molecular formula is C24H34N4O3. The molecule has 7 heteroatoms. The van der Waals surface area contributed by atoms with Crippen molar-refractivity contribution < 1.29 is 14.2 Å². The number of ether oxygens (including phenoxy) is 3. The second-order valence-electron chi connectivity index (χ2n) is 7.52. The molecule has 1 aliphatic heterocycles. The molecule has 2 N–H and O–H groups in total. The molecule has 168 valence electrons. The van der Waals surface area contributed by atoms with Crippen molar-refractivity contribution >= 4 is 11.6 Å². The van der Waals surface area contributed by atoms with Gasteiger partial charge in [-0.3, -0.25) is 0 Å². The summed E-state index contributed by atoms with van der Waals surface area (Å²) in [6, 6.07) is 14.4. The first-order valence-corrected chi connectivity index (χ1v) is 10.8. The van der Waals surface area contributed by atoms with Crippen molar-refractivity contribution in [1.29, 1.82) is 0 Å². The van der Waals surface area contributed by atoms with E-state index >= 15 is 0 Å². The lowest BCUT2D eigenvalue weighted by molar-refractivity contribution is 0.393. The van der Waals surface area contributed by atoms with E-state index in [1.807, 2.05) is 24.3 Å². The predicted octanol–water partition coefficient (Wildman–Crippen LogP) is 3.44. The molecule has 0 saturated carbocycles. The Hall–Kier alpha value is -3.09. The molecule has 1 fully saturated rings. The first kappa shape index (κ1) is 22.6. The predicted molar refractivity (Wildman–Crippen MR) is 126 cm³/mol. The highest BCUT2D eigenvalue weighted by atomic mass is 16.5. The fourth-order valence-electron chi connectivity index (χ4n) is 3.71. The Labute approximate surface area is 185 Å². The number of nitrogens with zero attached hydrogens (tertiary/aromatic N) is 2. The summed E-state index contributed by atoms with van der Waals surface area (Å²) in [5.74, 6) is 3.33. The van der Waals surface area contributed by atoms with Gasteiger partial charge in [-0.15, -0.1) is 0 Å². The van der Waals surface area contributed by atoms with Gasteiger partial charge in [-0.2, -0.15) is 0 Å². The fraction of sp³-hybridized carbons (Fsp3) is 0.458. The third kappa shape index (κ3) is 6.44. The largest absolute Gasteiger partial charge is 0.497 e. The maximum absolute atomic E-state index is 5.42. The summed E-state index contributed by atoms with van der Waals surface area (Å²) < 4.78 is 16.1. The minimum absolute atomic E-state index is 0.381. The van der Waals surface area contributed by atoms with Crippen LogP contribution in [0.1, 0.15) is 25.3 Å². The van der Waals surface area contributed by atoms with Crippen molar-refractivity contribution in [1.82, 2.24) is 10.6 Å². The summed E-state index contributed by atoms with van der Waals surface area (Å²) in [5.41, 5.74) is 2.26. The zero-order chi connectivity index (χ0) is 22.1. The minimum atomic E-state index is 0.381. The van der Waals surface area contributed by atoms with Gasteiger partial charge >= 0.3 is 0 Å². The van der Waals surface area contributed by atoms with Gasteiger partial charge in [0.2, 0.25) is 0 Å². The molecule has 0 bridgehead atoms. The molecule has 0 radical (unpaired) electrons. The number of hydrogen-bond acceptors (Lipinski definition) is 5. The number of methoxy groups -OCH3 is 3. The quantitative estimate of drug-likeness (QED) is 0.498. The molecule has 2 aromatic rings. The number of anilines is 1. The van der Waals surface area contributed by atoms with Gasteiger partial charge in [0.1, 0.15) is 17.2 Å². The van der Waals surface area contributed by atoms with Crippen LogP contribution in [0.15, 0.2) is 47.5 Å². The Bertz CT molecular complexity index is 841. The van der Waals surface area contributed by atoms with Crippen LogP contribution in [0.2, 0.25) is 0 Å². The number of guanidine groups is 1. The average Bonchev–Trinajstić information content (AvgIpc) is 2.82. The molecule has 31 heavy (non-hydrogen) atoms. The van der Waals surface area contributed by atoms with E-state index in [0.717, 1.165) is 66.9 Å². The summed E-state index contributed by atoms with van der Waals surface area (Å²) in [7, 11) is 5.05. The Kier molecular flexibility index (Phi) is 8.27. The van der Waals surface area contributed by atoms with Gasteiger partial charge in [0, 0.05) is 49.6 Å². The molecule has 0 unspecified atom stereocenters. The number of piperidine rings is 1. The number of nitrogens with one attached hydrogen (secondary N) is 2. The maximum Gasteiger partial charge on any atom is 0.191 e. The van der Waals surface area contributed by atoms with Crippen molar-refractivity contribution in [3.8, 4) is 17.2 Å². The topological polar surface area (TPSA) is 67.4 Å². The molecular weight excluding hydrogens is 392 g/mol. The molecule has 0 spiro atoms. The summed E-state index contributed by atoms with van der Waals surface area (Å²) in [4.78, 5) is 7.15. The average molecular weight is 427 g/mol. The molecule has 2 aromatic carbocycles. The Morgan fingerprint density at radius 3 is 2.26 bits per heavy atom. The van der Waals surface area contributed by atoms with Crippen molar-refractivity contribution in [2.24, 2.45) is 4.99 Å². The van der Waals surface area contributed by atoms with Gasteiger partial charge in [0.05, 0.1) is 27.9 Å². The van der Waals surface area contributed by atoms with E-state index in [2.05, 4.69) is 40.7 Å². The smallest absolute Gasteiger partial charge is 0.191 e. The van der Waals surface area contributed by atoms with Gasteiger partial charge in [0.25, 0.3) is 0 Å². The second-order valence-corrected chi connectivity index (χ2v) is 7.52. The SMILES string of the molecule is CCNC(=NCc1cccc(OC)c1)NC1CCN(c2cc(OC)cc(OC)c2)CC1. The van der Waals surface area contributed by atoms with Crippen molar-refractivity contribution in [2.45, 2.75) is 32.4 Å². The molecule has 0 aliphatic carbocycles. The lowest BCUT2D eigenvalue weighted by atomic mass is 10.0. The Balaban J connectivity index is 1.58. The van der Waals surface area contributed by atoms with Gasteiger partial charge < -0.3 is 29.7 Å². The number of benzene rings is 2. The minimum Gasteiger partial charge on any atom is -0.497 e. The van der Waals surface area contributed by atoms with Crippen molar-refractivity contribution in [2.75, 3.05) is 45.9 Å². The molecule has 1 saturated heterocycles. The van der Waals surface area contributed by atoms with Crippen LogP contribution in [-0.4, -0.2) is 53.0 Å². The van der Waals surface area contributed by atoms with Crippen LogP contribution in [0.3, 0.4) is 0 Å². The van der Waals surface area contributed by atoms with Gasteiger partial charge in [-0.05, 0) is 37.5 Å². The summed E-state index contributed by atoms with van der Waals surface area (Å²) in [5, 5.41) is 6.97. The monoisotopic (exact) mass is 426 g/mol. The molecule has 0 atom stereocenters. The Morgan fingerprint density at radius 1 is 0.968 bits per heavy atom. The van der Waals surface area contributed by atoms with Crippen LogP contribution < -0.4 is 29.7 Å². The highest BCUT2D eigenvalue weighted by Crippen LogP contribution is 2.30. The highest BCUT2D eigenvalue weighted by molar-refractivity contribution is 5.80. The summed E-state index contributed by atoms with van der Waals surface area (Å²) >= 11 is 0. The molecule has 1 aliphatic rings. The zero-order valence-electron chi connectivity index (χ0n) is 19.0. The van der Waals surface area contributed by atoms with Gasteiger partial charge in [-0.1, -0.05) is 12.1 Å². The van der Waals surface area contributed by atoms with Crippen LogP contribution in [0.5, 0.6) is 17.2 Å². The zero-order valence-corrected chi connectivity index (χ0v) is 19.0. The van der Waals surface area contributed by atoms with E-state index in [4.69, 9.17) is 19.2 Å². The number of hydrogen-bond donors (Lipinski definition) is 2. The normalized spacial score (nSPS) is 14.8. The molecule has 0 aromatic heterocycles. The fourth-order valence-corrected chi connectivity index (χ4v) is 3.71.